The molecule has 3 unspecified atom stereocenters. The van der Waals surface area contributed by atoms with E-state index in [1.54, 1.807) is 13.8 Å². The fourth-order valence-corrected chi connectivity index (χ4v) is 1.81. The number of aliphatic carboxylic acids is 2. The van der Waals surface area contributed by atoms with Crippen LogP contribution >= 0.6 is 0 Å². The largest absolute Gasteiger partial charge is 0.481 e. The molecule has 0 radical (unpaired) electrons. The van der Waals surface area contributed by atoms with Crippen LogP contribution in [0.4, 0.5) is 0 Å². The van der Waals surface area contributed by atoms with E-state index >= 15 is 0 Å². The zero-order valence-corrected chi connectivity index (χ0v) is 14.2. The summed E-state index contributed by atoms with van der Waals surface area (Å²) in [7, 11) is 0. The van der Waals surface area contributed by atoms with Crippen LogP contribution in [0.1, 0.15) is 27.2 Å². The fourth-order valence-electron chi connectivity index (χ4n) is 1.81. The quantitative estimate of drug-likeness (QED) is 0.249. The number of carboxylic acids is 2. The lowest BCUT2D eigenvalue weighted by molar-refractivity contribution is -0.144. The summed E-state index contributed by atoms with van der Waals surface area (Å²) >= 11 is 0. The molecule has 25 heavy (non-hydrogen) atoms. The smallest absolute Gasteiger partial charge is 0.326 e. The molecule has 0 rings (SSSR count). The van der Waals surface area contributed by atoms with Gasteiger partial charge < -0.3 is 31.9 Å². The summed E-state index contributed by atoms with van der Waals surface area (Å²) < 4.78 is 0. The van der Waals surface area contributed by atoms with Gasteiger partial charge in [-0.3, -0.25) is 19.2 Å². The zero-order chi connectivity index (χ0) is 19.7. The van der Waals surface area contributed by atoms with E-state index < -0.39 is 60.8 Å². The van der Waals surface area contributed by atoms with Crippen molar-refractivity contribution in [3.63, 3.8) is 0 Å². The number of hydrogen-bond donors (Lipinski definition) is 6. The van der Waals surface area contributed by atoms with Crippen molar-refractivity contribution in [1.82, 2.24) is 16.0 Å². The number of amides is 3. The number of hydrogen-bond acceptors (Lipinski definition) is 6. The molecule has 0 aromatic heterocycles. The average Bonchev–Trinajstić information content (AvgIpc) is 2.49. The number of carboxylic acid groups (broad SMARTS) is 2. The van der Waals surface area contributed by atoms with Gasteiger partial charge in [-0.05, 0) is 12.8 Å². The third-order valence-electron chi connectivity index (χ3n) is 3.20. The van der Waals surface area contributed by atoms with E-state index in [4.69, 9.17) is 15.9 Å². The van der Waals surface area contributed by atoms with Gasteiger partial charge in [-0.15, -0.1) is 0 Å². The summed E-state index contributed by atoms with van der Waals surface area (Å²) in [6.07, 6.45) is -0.699. The van der Waals surface area contributed by atoms with Gasteiger partial charge in [0.25, 0.3) is 0 Å². The summed E-state index contributed by atoms with van der Waals surface area (Å²) in [6, 6.07) is -3.69. The summed E-state index contributed by atoms with van der Waals surface area (Å²) in [6.45, 7) is 4.07. The Hall–Kier alpha value is -2.69. The van der Waals surface area contributed by atoms with E-state index in [1.807, 2.05) is 0 Å². The minimum Gasteiger partial charge on any atom is -0.481 e. The van der Waals surface area contributed by atoms with Crippen LogP contribution in [0.2, 0.25) is 0 Å². The molecule has 7 N–H and O–H groups in total. The maximum atomic E-state index is 12.1. The molecule has 142 valence electrons. The summed E-state index contributed by atoms with van der Waals surface area (Å²) in [4.78, 5) is 57.2. The van der Waals surface area contributed by atoms with E-state index in [2.05, 4.69) is 16.0 Å². The third-order valence-corrected chi connectivity index (χ3v) is 3.20. The minimum atomic E-state index is -1.41. The van der Waals surface area contributed by atoms with Crippen LogP contribution in [-0.4, -0.2) is 64.5 Å². The molecule has 0 heterocycles. The van der Waals surface area contributed by atoms with Gasteiger partial charge in [0.2, 0.25) is 17.7 Å². The monoisotopic (exact) mass is 360 g/mol. The Morgan fingerprint density at radius 2 is 1.48 bits per heavy atom. The molecule has 0 bridgehead atoms. The van der Waals surface area contributed by atoms with Crippen molar-refractivity contribution in [2.45, 2.75) is 45.3 Å². The third kappa shape index (κ3) is 8.11. The Morgan fingerprint density at radius 3 is 1.88 bits per heavy atom. The van der Waals surface area contributed by atoms with Gasteiger partial charge in [-0.25, -0.2) is 4.79 Å². The van der Waals surface area contributed by atoms with Gasteiger partial charge in [-0.2, -0.15) is 0 Å². The van der Waals surface area contributed by atoms with Gasteiger partial charge in [-0.1, -0.05) is 13.8 Å². The Balaban J connectivity index is 4.91. The second-order valence-electron chi connectivity index (χ2n) is 5.72. The first-order valence-corrected chi connectivity index (χ1v) is 7.54. The maximum Gasteiger partial charge on any atom is 0.326 e. The zero-order valence-electron chi connectivity index (χ0n) is 14.2. The first kappa shape index (κ1) is 22.3. The Kier molecular flexibility index (Phi) is 9.13. The highest BCUT2D eigenvalue weighted by atomic mass is 16.4. The molecule has 0 aromatic carbocycles. The lowest BCUT2D eigenvalue weighted by Gasteiger charge is -2.23. The molecule has 0 aliphatic heterocycles. The first-order chi connectivity index (χ1) is 11.5. The van der Waals surface area contributed by atoms with E-state index in [9.17, 15) is 24.0 Å². The summed E-state index contributed by atoms with van der Waals surface area (Å²) in [5, 5.41) is 24.5. The molecule has 3 amide bonds. The minimum absolute atomic E-state index is 0.382. The van der Waals surface area contributed by atoms with Crippen LogP contribution in [-0.2, 0) is 24.0 Å². The molecule has 3 atom stereocenters. The Bertz CT molecular complexity index is 535. The van der Waals surface area contributed by atoms with Crippen molar-refractivity contribution >= 4 is 29.7 Å². The van der Waals surface area contributed by atoms with Crippen LogP contribution < -0.4 is 21.7 Å². The number of carbonyl (C=O) groups excluding carboxylic acids is 3. The molecular weight excluding hydrogens is 336 g/mol. The van der Waals surface area contributed by atoms with Crippen molar-refractivity contribution < 1.29 is 34.2 Å². The van der Waals surface area contributed by atoms with Crippen molar-refractivity contribution in [2.75, 3.05) is 6.54 Å². The van der Waals surface area contributed by atoms with E-state index in [0.29, 0.717) is 0 Å². The van der Waals surface area contributed by atoms with Crippen LogP contribution in [0, 0.1) is 5.92 Å². The highest BCUT2D eigenvalue weighted by Crippen LogP contribution is 2.02. The molecule has 0 aliphatic rings. The van der Waals surface area contributed by atoms with Gasteiger partial charge in [0, 0.05) is 0 Å². The van der Waals surface area contributed by atoms with Gasteiger partial charge >= 0.3 is 11.9 Å². The van der Waals surface area contributed by atoms with Crippen molar-refractivity contribution in [3.8, 4) is 0 Å². The number of rotatable bonds is 10. The SMILES string of the molecule is CC(NC(=O)C(CC(=O)O)NC(=O)CN)C(=O)NC(C(=O)O)C(C)C. The Labute approximate surface area is 144 Å². The van der Waals surface area contributed by atoms with Crippen molar-refractivity contribution in [1.29, 1.82) is 0 Å². The second kappa shape index (κ2) is 10.2. The van der Waals surface area contributed by atoms with E-state index in [0.717, 1.165) is 0 Å². The van der Waals surface area contributed by atoms with Crippen LogP contribution in [0.3, 0.4) is 0 Å². The highest BCUT2D eigenvalue weighted by Gasteiger charge is 2.29. The number of nitrogens with two attached hydrogens (primary N) is 1. The van der Waals surface area contributed by atoms with E-state index in [-0.39, 0.29) is 5.92 Å². The lowest BCUT2D eigenvalue weighted by atomic mass is 10.0. The van der Waals surface area contributed by atoms with Crippen LogP contribution in [0.25, 0.3) is 0 Å². The predicted molar refractivity (Wildman–Crippen MR) is 85.2 cm³/mol. The second-order valence-corrected chi connectivity index (χ2v) is 5.72. The van der Waals surface area contributed by atoms with Gasteiger partial charge in [0.15, 0.2) is 0 Å². The molecular formula is C14H24N4O7. The van der Waals surface area contributed by atoms with Crippen LogP contribution in [0.15, 0.2) is 0 Å². The maximum absolute atomic E-state index is 12.1. The molecule has 0 aromatic rings. The molecule has 11 nitrogen and oxygen atoms in total. The molecule has 11 heteroatoms. The molecule has 0 spiro atoms. The molecule has 0 aliphatic carbocycles. The summed E-state index contributed by atoms with van der Waals surface area (Å²) in [5.74, 6) is -5.32. The number of nitrogens with one attached hydrogen (secondary N) is 3. The standard InChI is InChI=1S/C14H24N4O7/c1-6(2)11(14(24)25)18-12(22)7(3)16-13(23)8(4-10(20)21)17-9(19)5-15/h6-8,11H,4-5,15H2,1-3H3,(H,16,23)(H,17,19)(H,18,22)(H,20,21)(H,24,25). The first-order valence-electron chi connectivity index (χ1n) is 7.54. The topological polar surface area (TPSA) is 188 Å². The molecule has 0 saturated carbocycles. The van der Waals surface area contributed by atoms with Crippen LogP contribution in [0.5, 0.6) is 0 Å². The molecule has 0 saturated heterocycles. The highest BCUT2D eigenvalue weighted by molar-refractivity contribution is 5.94. The van der Waals surface area contributed by atoms with Gasteiger partial charge in [0.1, 0.15) is 18.1 Å². The Morgan fingerprint density at radius 1 is 0.920 bits per heavy atom. The lowest BCUT2D eigenvalue weighted by Crippen LogP contribution is -2.56. The van der Waals surface area contributed by atoms with Crippen molar-refractivity contribution in [3.05, 3.63) is 0 Å². The summed E-state index contributed by atoms with van der Waals surface area (Å²) in [5.41, 5.74) is 5.10. The fraction of sp³-hybridized carbons (Fsp3) is 0.643. The average molecular weight is 360 g/mol. The number of carbonyl (C=O) groups is 5. The van der Waals surface area contributed by atoms with Gasteiger partial charge in [0.05, 0.1) is 13.0 Å². The normalized spacial score (nSPS) is 14.1. The molecule has 0 fully saturated rings. The predicted octanol–water partition coefficient (Wildman–Crippen LogP) is -2.37. The van der Waals surface area contributed by atoms with E-state index in [1.165, 1.54) is 6.92 Å². The van der Waals surface area contributed by atoms with Crippen molar-refractivity contribution in [2.24, 2.45) is 11.7 Å².